The standard InChI is InChI=1S/C29H34N6O3/c1-2-25(28-31-32-33-35(28)14-13-20-9-5-3-6-10-20)34(23-11-7-4-8-12-23)18-22-15-21-16-26-27(38-19-37-26)17-24(21)30-29(22)36/h3,5-6,9-10,15-17,23,25H,2,4,7-8,11-14,18-19H2,1H3,(H,30,36)/t25-/m0/s1. The van der Waals surface area contributed by atoms with Gasteiger partial charge in [-0.1, -0.05) is 56.5 Å². The molecule has 198 valence electrons. The monoisotopic (exact) mass is 514 g/mol. The van der Waals surface area contributed by atoms with E-state index in [-0.39, 0.29) is 18.4 Å². The Labute approximate surface area is 221 Å². The van der Waals surface area contributed by atoms with Crippen molar-refractivity contribution >= 4 is 10.9 Å². The van der Waals surface area contributed by atoms with E-state index >= 15 is 0 Å². The van der Waals surface area contributed by atoms with Crippen LogP contribution in [0.15, 0.2) is 53.3 Å². The van der Waals surface area contributed by atoms with E-state index < -0.39 is 0 Å². The first-order valence-electron chi connectivity index (χ1n) is 13.7. The Morgan fingerprint density at radius 3 is 2.66 bits per heavy atom. The van der Waals surface area contributed by atoms with Gasteiger partial charge in [0.25, 0.3) is 5.56 Å². The molecule has 38 heavy (non-hydrogen) atoms. The van der Waals surface area contributed by atoms with Gasteiger partial charge >= 0.3 is 0 Å². The Bertz CT molecular complexity index is 1440. The number of hydrogen-bond acceptors (Lipinski definition) is 7. The molecule has 6 rings (SSSR count). The van der Waals surface area contributed by atoms with Gasteiger partial charge in [-0.05, 0) is 53.8 Å². The van der Waals surface area contributed by atoms with Crippen LogP contribution < -0.4 is 15.0 Å². The third-order valence-electron chi connectivity index (χ3n) is 7.91. The van der Waals surface area contributed by atoms with Crippen molar-refractivity contribution < 1.29 is 9.47 Å². The fourth-order valence-electron chi connectivity index (χ4n) is 5.92. The number of aromatic nitrogens is 5. The highest BCUT2D eigenvalue weighted by Crippen LogP contribution is 2.36. The third kappa shape index (κ3) is 5.03. The Kier molecular flexibility index (Phi) is 7.09. The highest BCUT2D eigenvalue weighted by molar-refractivity contribution is 5.83. The van der Waals surface area contributed by atoms with Crippen LogP contribution in [-0.4, -0.2) is 42.9 Å². The summed E-state index contributed by atoms with van der Waals surface area (Å²) >= 11 is 0. The molecular weight excluding hydrogens is 480 g/mol. The van der Waals surface area contributed by atoms with Gasteiger partial charge in [-0.15, -0.1) is 5.10 Å². The number of tetrazole rings is 1. The number of rotatable bonds is 9. The van der Waals surface area contributed by atoms with Crippen molar-refractivity contribution in [3.63, 3.8) is 0 Å². The highest BCUT2D eigenvalue weighted by atomic mass is 16.7. The summed E-state index contributed by atoms with van der Waals surface area (Å²) in [6, 6.07) is 16.6. The van der Waals surface area contributed by atoms with Crippen molar-refractivity contribution in [2.24, 2.45) is 0 Å². The summed E-state index contributed by atoms with van der Waals surface area (Å²) in [7, 11) is 0. The Morgan fingerprint density at radius 1 is 1.08 bits per heavy atom. The van der Waals surface area contributed by atoms with Gasteiger partial charge < -0.3 is 14.5 Å². The second-order valence-corrected chi connectivity index (χ2v) is 10.3. The predicted octanol–water partition coefficient (Wildman–Crippen LogP) is 4.77. The highest BCUT2D eigenvalue weighted by Gasteiger charge is 2.32. The van der Waals surface area contributed by atoms with Crippen LogP contribution in [0.1, 0.15) is 68.4 Å². The van der Waals surface area contributed by atoms with E-state index in [1.54, 1.807) is 0 Å². The minimum Gasteiger partial charge on any atom is -0.454 e. The van der Waals surface area contributed by atoms with Gasteiger partial charge in [-0.2, -0.15) is 0 Å². The zero-order valence-corrected chi connectivity index (χ0v) is 21.8. The molecule has 0 bridgehead atoms. The summed E-state index contributed by atoms with van der Waals surface area (Å²) in [5, 5.41) is 13.9. The van der Waals surface area contributed by atoms with E-state index in [4.69, 9.17) is 9.47 Å². The summed E-state index contributed by atoms with van der Waals surface area (Å²) in [6.45, 7) is 3.64. The number of ether oxygens (including phenoxy) is 2. The number of benzene rings is 2. The van der Waals surface area contributed by atoms with Crippen LogP contribution in [0, 0.1) is 0 Å². The molecule has 2 aromatic carbocycles. The number of hydrogen-bond donors (Lipinski definition) is 1. The van der Waals surface area contributed by atoms with Crippen molar-refractivity contribution in [1.82, 2.24) is 30.1 Å². The van der Waals surface area contributed by atoms with Gasteiger partial charge in [-0.3, -0.25) is 9.69 Å². The molecule has 0 spiro atoms. The molecule has 0 radical (unpaired) electrons. The molecule has 1 aliphatic carbocycles. The number of H-pyrrole nitrogens is 1. The fourth-order valence-corrected chi connectivity index (χ4v) is 5.92. The van der Waals surface area contributed by atoms with Crippen LogP contribution in [-0.2, 0) is 19.5 Å². The van der Waals surface area contributed by atoms with Gasteiger partial charge in [0.1, 0.15) is 0 Å². The van der Waals surface area contributed by atoms with Gasteiger partial charge in [-0.25, -0.2) is 4.68 Å². The molecule has 0 saturated heterocycles. The molecular formula is C29H34N6O3. The molecule has 0 amide bonds. The third-order valence-corrected chi connectivity index (χ3v) is 7.91. The SMILES string of the molecule is CC[C@@H](c1nnnn1CCc1ccccc1)N(Cc1cc2cc3c(cc2[nH]c1=O)OCO3)C1CCCCC1. The van der Waals surface area contributed by atoms with E-state index in [1.807, 2.05) is 28.9 Å². The fraction of sp³-hybridized carbons (Fsp3) is 0.448. The lowest BCUT2D eigenvalue weighted by Crippen LogP contribution is -2.41. The summed E-state index contributed by atoms with van der Waals surface area (Å²) in [6.07, 6.45) is 7.62. The summed E-state index contributed by atoms with van der Waals surface area (Å²) < 4.78 is 13.0. The van der Waals surface area contributed by atoms with Crippen LogP contribution >= 0.6 is 0 Å². The first kappa shape index (κ1) is 24.6. The predicted molar refractivity (Wildman–Crippen MR) is 144 cm³/mol. The van der Waals surface area contributed by atoms with Crippen LogP contribution in [0.5, 0.6) is 11.5 Å². The van der Waals surface area contributed by atoms with Crippen LogP contribution in [0.2, 0.25) is 0 Å². The van der Waals surface area contributed by atoms with Crippen LogP contribution in [0.25, 0.3) is 10.9 Å². The minimum atomic E-state index is -0.0734. The Balaban J connectivity index is 1.32. The molecule has 1 saturated carbocycles. The van der Waals surface area contributed by atoms with Crippen molar-refractivity contribution in [3.05, 3.63) is 75.8 Å². The van der Waals surface area contributed by atoms with Gasteiger partial charge in [0.2, 0.25) is 6.79 Å². The number of fused-ring (bicyclic) bond motifs is 2. The first-order valence-corrected chi connectivity index (χ1v) is 13.7. The number of pyridine rings is 1. The van der Waals surface area contributed by atoms with Crippen LogP contribution in [0.4, 0.5) is 0 Å². The van der Waals surface area contributed by atoms with Gasteiger partial charge in [0.15, 0.2) is 17.3 Å². The van der Waals surface area contributed by atoms with E-state index in [9.17, 15) is 4.79 Å². The minimum absolute atomic E-state index is 0.00993. The second kappa shape index (κ2) is 10.9. The molecule has 4 aromatic rings. The molecule has 9 heteroatoms. The number of aryl methyl sites for hydroxylation is 2. The van der Waals surface area contributed by atoms with Gasteiger partial charge in [0.05, 0.1) is 11.6 Å². The lowest BCUT2D eigenvalue weighted by atomic mass is 9.92. The van der Waals surface area contributed by atoms with Crippen molar-refractivity contribution in [3.8, 4) is 11.5 Å². The molecule has 3 heterocycles. The average Bonchev–Trinajstić information content (AvgIpc) is 3.61. The maximum Gasteiger partial charge on any atom is 0.252 e. The van der Waals surface area contributed by atoms with E-state index in [0.717, 1.165) is 48.0 Å². The number of nitrogens with one attached hydrogen (secondary N) is 1. The molecule has 1 fully saturated rings. The van der Waals surface area contributed by atoms with E-state index in [2.05, 4.69) is 56.6 Å². The molecule has 2 aromatic heterocycles. The van der Waals surface area contributed by atoms with E-state index in [0.29, 0.717) is 30.6 Å². The molecule has 1 N–H and O–H groups in total. The number of aromatic amines is 1. The summed E-state index contributed by atoms with van der Waals surface area (Å²) in [5.41, 5.74) is 2.68. The summed E-state index contributed by atoms with van der Waals surface area (Å²) in [4.78, 5) is 18.8. The maximum atomic E-state index is 13.3. The lowest BCUT2D eigenvalue weighted by molar-refractivity contribution is 0.0841. The first-order chi connectivity index (χ1) is 18.7. The quantitative estimate of drug-likeness (QED) is 0.343. The van der Waals surface area contributed by atoms with Gasteiger partial charge in [0, 0.05) is 36.1 Å². The molecule has 1 atom stereocenters. The van der Waals surface area contributed by atoms with Crippen molar-refractivity contribution in [2.75, 3.05) is 6.79 Å². The normalized spacial score (nSPS) is 16.4. The van der Waals surface area contributed by atoms with Crippen molar-refractivity contribution in [2.45, 2.75) is 77.0 Å². The lowest BCUT2D eigenvalue weighted by Gasteiger charge is -2.39. The average molecular weight is 515 g/mol. The van der Waals surface area contributed by atoms with E-state index in [1.165, 1.54) is 24.8 Å². The zero-order chi connectivity index (χ0) is 25.9. The number of nitrogens with zero attached hydrogens (tertiary/aromatic N) is 5. The Hall–Kier alpha value is -3.72. The molecule has 0 unspecified atom stereocenters. The van der Waals surface area contributed by atoms with Crippen LogP contribution in [0.3, 0.4) is 0 Å². The molecule has 1 aliphatic heterocycles. The molecule has 2 aliphatic rings. The van der Waals surface area contributed by atoms with Crippen molar-refractivity contribution in [1.29, 1.82) is 0 Å². The maximum absolute atomic E-state index is 13.3. The largest absolute Gasteiger partial charge is 0.454 e. The second-order valence-electron chi connectivity index (χ2n) is 10.3. The summed E-state index contributed by atoms with van der Waals surface area (Å²) in [5.74, 6) is 2.25. The topological polar surface area (TPSA) is 98.2 Å². The zero-order valence-electron chi connectivity index (χ0n) is 21.8. The molecule has 9 nitrogen and oxygen atoms in total. The smallest absolute Gasteiger partial charge is 0.252 e. The Morgan fingerprint density at radius 2 is 1.87 bits per heavy atom.